The normalized spacial score (nSPS) is 14.8. The molecule has 0 saturated heterocycles. The minimum atomic E-state index is -0.719. The van der Waals surface area contributed by atoms with E-state index in [0.717, 1.165) is 0 Å². The maximum absolute atomic E-state index is 12.1. The van der Waals surface area contributed by atoms with Crippen molar-refractivity contribution in [3.63, 3.8) is 0 Å². The molecule has 3 aromatic rings. The molecule has 0 atom stereocenters. The number of carbonyl (C=O) groups is 1. The number of hydrogen-bond acceptors (Lipinski definition) is 6. The number of nitro groups is 1. The summed E-state index contributed by atoms with van der Waals surface area (Å²) < 4.78 is 10.8. The van der Waals surface area contributed by atoms with Crippen LogP contribution in [0.25, 0.3) is 17.4 Å². The predicted molar refractivity (Wildman–Crippen MR) is 103 cm³/mol. The Morgan fingerprint density at radius 2 is 1.71 bits per heavy atom. The zero-order valence-electron chi connectivity index (χ0n) is 14.2. The quantitative estimate of drug-likeness (QED) is 0.273. The first kappa shape index (κ1) is 17.7. The highest BCUT2D eigenvalue weighted by Gasteiger charge is 2.29. The highest BCUT2D eigenvalue weighted by molar-refractivity contribution is 6.33. The molecule has 0 bridgehead atoms. The Morgan fingerprint density at radius 3 is 2.46 bits per heavy atom. The van der Waals surface area contributed by atoms with E-state index in [0.29, 0.717) is 22.1 Å². The van der Waals surface area contributed by atoms with Crippen molar-refractivity contribution in [3.05, 3.63) is 92.8 Å². The van der Waals surface area contributed by atoms with E-state index in [4.69, 9.17) is 20.8 Å². The van der Waals surface area contributed by atoms with Crippen LogP contribution in [-0.2, 0) is 9.53 Å². The second-order valence-corrected chi connectivity index (χ2v) is 6.20. The number of esters is 1. The number of cyclic esters (lactones) is 1. The Hall–Kier alpha value is -3.71. The molecule has 1 aromatic heterocycles. The maximum Gasteiger partial charge on any atom is 0.363 e. The third kappa shape index (κ3) is 3.30. The lowest BCUT2D eigenvalue weighted by molar-refractivity contribution is -0.385. The summed E-state index contributed by atoms with van der Waals surface area (Å²) in [5.74, 6) is 0.0615. The van der Waals surface area contributed by atoms with Crippen molar-refractivity contribution < 1.29 is 18.9 Å². The number of rotatable bonds is 4. The van der Waals surface area contributed by atoms with Crippen LogP contribution in [0.4, 0.5) is 5.69 Å². The van der Waals surface area contributed by atoms with Crippen molar-refractivity contribution in [1.82, 2.24) is 0 Å². The van der Waals surface area contributed by atoms with Gasteiger partial charge in [0.25, 0.3) is 5.69 Å². The summed E-state index contributed by atoms with van der Waals surface area (Å²) in [4.78, 5) is 26.8. The molecule has 0 radical (unpaired) electrons. The fraction of sp³-hybridized carbons (Fsp3) is 0. The number of para-hydroxylation sites is 1. The van der Waals surface area contributed by atoms with Crippen molar-refractivity contribution in [2.45, 2.75) is 0 Å². The molecule has 1 aliphatic heterocycles. The summed E-state index contributed by atoms with van der Waals surface area (Å²) in [6.07, 6.45) is 1.41. The third-order valence-corrected chi connectivity index (χ3v) is 4.33. The number of benzene rings is 2. The van der Waals surface area contributed by atoms with E-state index in [-0.39, 0.29) is 22.8 Å². The van der Waals surface area contributed by atoms with Gasteiger partial charge in [0.05, 0.1) is 9.95 Å². The lowest BCUT2D eigenvalue weighted by Crippen LogP contribution is -2.07. The first-order valence-corrected chi connectivity index (χ1v) is 8.52. The smallest absolute Gasteiger partial charge is 0.363 e. The number of nitrogens with zero attached hydrogens (tertiary/aromatic N) is 2. The average molecular weight is 395 g/mol. The standard InChI is InChI=1S/C20H11ClN2O5/c21-15-7-3-1-5-13(15)18-10-9-12(27-18)11-16-20(24)28-19(22-16)14-6-2-4-8-17(14)23(25)26/h1-11H/b16-11-. The number of aliphatic imine (C=N–C) groups is 1. The fourth-order valence-electron chi connectivity index (χ4n) is 2.71. The van der Waals surface area contributed by atoms with Gasteiger partial charge in [-0.15, -0.1) is 0 Å². The Balaban J connectivity index is 1.67. The first-order valence-electron chi connectivity index (χ1n) is 8.14. The van der Waals surface area contributed by atoms with Gasteiger partial charge in [-0.1, -0.05) is 35.9 Å². The van der Waals surface area contributed by atoms with Gasteiger partial charge in [0, 0.05) is 17.7 Å². The highest BCUT2D eigenvalue weighted by atomic mass is 35.5. The second-order valence-electron chi connectivity index (χ2n) is 5.79. The molecular formula is C20H11ClN2O5. The zero-order chi connectivity index (χ0) is 19.7. The van der Waals surface area contributed by atoms with Gasteiger partial charge in [0.1, 0.15) is 17.1 Å². The van der Waals surface area contributed by atoms with Crippen LogP contribution in [-0.4, -0.2) is 16.8 Å². The molecule has 28 heavy (non-hydrogen) atoms. The van der Waals surface area contributed by atoms with Crippen LogP contribution in [0.15, 0.2) is 75.8 Å². The average Bonchev–Trinajstić information content (AvgIpc) is 3.29. The predicted octanol–water partition coefficient (Wildman–Crippen LogP) is 4.85. The summed E-state index contributed by atoms with van der Waals surface area (Å²) in [7, 11) is 0. The lowest BCUT2D eigenvalue weighted by Gasteiger charge is -2.00. The molecule has 2 aromatic carbocycles. The van der Waals surface area contributed by atoms with Crippen molar-refractivity contribution in [2.75, 3.05) is 0 Å². The summed E-state index contributed by atoms with van der Waals surface area (Å²) in [5, 5.41) is 11.7. The highest BCUT2D eigenvalue weighted by Crippen LogP contribution is 2.30. The Morgan fingerprint density at radius 1 is 1.00 bits per heavy atom. The van der Waals surface area contributed by atoms with Gasteiger partial charge in [0.2, 0.25) is 5.90 Å². The summed E-state index contributed by atoms with van der Waals surface area (Å²) in [6, 6.07) is 16.5. The van der Waals surface area contributed by atoms with Crippen LogP contribution >= 0.6 is 11.6 Å². The number of nitro benzene ring substituents is 1. The second kappa shape index (κ2) is 7.13. The Bertz CT molecular complexity index is 1160. The van der Waals surface area contributed by atoms with Gasteiger partial charge in [-0.05, 0) is 30.3 Å². The van der Waals surface area contributed by atoms with Gasteiger partial charge in [-0.3, -0.25) is 10.1 Å². The van der Waals surface area contributed by atoms with Crippen molar-refractivity contribution in [1.29, 1.82) is 0 Å². The summed E-state index contributed by atoms with van der Waals surface area (Å²) >= 11 is 6.16. The van der Waals surface area contributed by atoms with Crippen LogP contribution in [0.2, 0.25) is 5.02 Å². The monoisotopic (exact) mass is 394 g/mol. The molecule has 0 aliphatic carbocycles. The van der Waals surface area contributed by atoms with Crippen LogP contribution in [0.5, 0.6) is 0 Å². The zero-order valence-corrected chi connectivity index (χ0v) is 14.9. The minimum absolute atomic E-state index is 0.0202. The molecule has 0 saturated carbocycles. The van der Waals surface area contributed by atoms with Gasteiger partial charge < -0.3 is 9.15 Å². The number of ether oxygens (including phenoxy) is 1. The molecule has 8 heteroatoms. The number of carbonyl (C=O) groups excluding carboxylic acids is 1. The summed E-state index contributed by atoms with van der Waals surface area (Å²) in [5.41, 5.74) is 0.620. The molecule has 138 valence electrons. The van der Waals surface area contributed by atoms with E-state index in [2.05, 4.69) is 4.99 Å². The van der Waals surface area contributed by atoms with E-state index in [9.17, 15) is 14.9 Å². The first-order chi connectivity index (χ1) is 13.5. The minimum Gasteiger partial charge on any atom is -0.457 e. The molecular weight excluding hydrogens is 384 g/mol. The van der Waals surface area contributed by atoms with E-state index >= 15 is 0 Å². The van der Waals surface area contributed by atoms with E-state index < -0.39 is 10.9 Å². The molecule has 0 N–H and O–H groups in total. The van der Waals surface area contributed by atoms with Crippen molar-refractivity contribution >= 4 is 35.2 Å². The lowest BCUT2D eigenvalue weighted by atomic mass is 10.2. The molecule has 7 nitrogen and oxygen atoms in total. The number of furan rings is 1. The fourth-order valence-corrected chi connectivity index (χ4v) is 2.94. The van der Waals surface area contributed by atoms with E-state index in [1.54, 1.807) is 24.3 Å². The van der Waals surface area contributed by atoms with Gasteiger partial charge in [-0.25, -0.2) is 9.79 Å². The van der Waals surface area contributed by atoms with E-state index in [1.165, 1.54) is 24.3 Å². The topological polar surface area (TPSA) is 94.9 Å². The largest absolute Gasteiger partial charge is 0.457 e. The number of halogens is 1. The van der Waals surface area contributed by atoms with Crippen LogP contribution in [0.1, 0.15) is 11.3 Å². The molecule has 0 fully saturated rings. The molecule has 1 aliphatic rings. The Kier molecular flexibility index (Phi) is 4.50. The van der Waals surface area contributed by atoms with Gasteiger partial charge >= 0.3 is 5.97 Å². The van der Waals surface area contributed by atoms with Gasteiger partial charge in [0.15, 0.2) is 5.70 Å². The molecule has 4 rings (SSSR count). The van der Waals surface area contributed by atoms with Crippen molar-refractivity contribution in [2.24, 2.45) is 4.99 Å². The maximum atomic E-state index is 12.1. The molecule has 2 heterocycles. The number of hydrogen-bond donors (Lipinski definition) is 0. The third-order valence-electron chi connectivity index (χ3n) is 4.00. The van der Waals surface area contributed by atoms with Crippen molar-refractivity contribution in [3.8, 4) is 11.3 Å². The Labute approximate surface area is 163 Å². The molecule has 0 unspecified atom stereocenters. The molecule has 0 spiro atoms. The SMILES string of the molecule is O=C1OC(c2ccccc2[N+](=O)[O-])=N/C1=C\c1ccc(-c2ccccc2Cl)o1. The molecule has 0 amide bonds. The van der Waals surface area contributed by atoms with Crippen LogP contribution in [0.3, 0.4) is 0 Å². The van der Waals surface area contributed by atoms with Crippen LogP contribution < -0.4 is 0 Å². The van der Waals surface area contributed by atoms with Crippen LogP contribution in [0, 0.1) is 10.1 Å². The van der Waals surface area contributed by atoms with Gasteiger partial charge in [-0.2, -0.15) is 0 Å². The van der Waals surface area contributed by atoms with E-state index in [1.807, 2.05) is 18.2 Å². The summed E-state index contributed by atoms with van der Waals surface area (Å²) in [6.45, 7) is 0.